The largest absolute Gasteiger partial charge is 0.493 e. The first kappa shape index (κ1) is 12.7. The molecular weight excluding hydrogens is 230 g/mol. The minimum atomic E-state index is 0.246. The normalized spacial score (nSPS) is 14.0. The number of amides is 1. The number of aryl methyl sites for hydroxylation is 1. The smallest absolute Gasteiger partial charge is 0.222 e. The Hall–Kier alpha value is -1.71. The standard InChI is InChI=1S/C14H19NO3/c1-17-12-6-4-11(10-13(12)18-2)5-7-14(16)15-8-3-9-15/h4,6,10H,3,5,7-9H2,1-2H3. The van der Waals surface area contributed by atoms with Crippen molar-refractivity contribution in [2.45, 2.75) is 19.3 Å². The van der Waals surface area contributed by atoms with E-state index in [1.807, 2.05) is 23.1 Å². The summed E-state index contributed by atoms with van der Waals surface area (Å²) in [5.41, 5.74) is 1.10. The van der Waals surface area contributed by atoms with Gasteiger partial charge in [0.25, 0.3) is 0 Å². The third kappa shape index (κ3) is 2.75. The Bertz CT molecular complexity index is 427. The first-order chi connectivity index (χ1) is 8.74. The summed E-state index contributed by atoms with van der Waals surface area (Å²) >= 11 is 0. The van der Waals surface area contributed by atoms with E-state index in [9.17, 15) is 4.79 Å². The van der Waals surface area contributed by atoms with Gasteiger partial charge in [0.2, 0.25) is 5.91 Å². The summed E-state index contributed by atoms with van der Waals surface area (Å²) in [5, 5.41) is 0. The molecule has 98 valence electrons. The predicted octanol–water partition coefficient (Wildman–Crippen LogP) is 1.87. The van der Waals surface area contributed by atoms with Crippen LogP contribution in [0.1, 0.15) is 18.4 Å². The summed E-state index contributed by atoms with van der Waals surface area (Å²) in [6.45, 7) is 1.84. The van der Waals surface area contributed by atoms with E-state index in [1.54, 1.807) is 14.2 Å². The molecular formula is C14H19NO3. The molecule has 1 aromatic carbocycles. The van der Waals surface area contributed by atoms with Crippen molar-refractivity contribution in [3.8, 4) is 11.5 Å². The highest BCUT2D eigenvalue weighted by atomic mass is 16.5. The van der Waals surface area contributed by atoms with Gasteiger partial charge in [0.05, 0.1) is 14.2 Å². The number of ether oxygens (including phenoxy) is 2. The van der Waals surface area contributed by atoms with Gasteiger partial charge >= 0.3 is 0 Å². The van der Waals surface area contributed by atoms with Crippen LogP contribution in [-0.2, 0) is 11.2 Å². The van der Waals surface area contributed by atoms with E-state index in [0.717, 1.165) is 37.2 Å². The summed E-state index contributed by atoms with van der Waals surface area (Å²) in [5.74, 6) is 1.68. The Kier molecular flexibility index (Phi) is 4.07. The maximum absolute atomic E-state index is 11.7. The van der Waals surface area contributed by atoms with Gasteiger partial charge in [0.1, 0.15) is 0 Å². The number of rotatable bonds is 5. The Labute approximate surface area is 107 Å². The number of benzene rings is 1. The summed E-state index contributed by atoms with van der Waals surface area (Å²) in [6, 6.07) is 5.79. The van der Waals surface area contributed by atoms with Crippen LogP contribution in [0.4, 0.5) is 0 Å². The second-order valence-electron chi connectivity index (χ2n) is 4.42. The first-order valence-corrected chi connectivity index (χ1v) is 6.23. The van der Waals surface area contributed by atoms with Crippen molar-refractivity contribution in [2.75, 3.05) is 27.3 Å². The molecule has 4 nitrogen and oxygen atoms in total. The molecule has 0 saturated carbocycles. The molecule has 18 heavy (non-hydrogen) atoms. The van der Waals surface area contributed by atoms with Crippen LogP contribution in [0, 0.1) is 0 Å². The van der Waals surface area contributed by atoms with Crippen LogP contribution in [-0.4, -0.2) is 38.1 Å². The molecule has 1 heterocycles. The third-order valence-electron chi connectivity index (χ3n) is 3.28. The molecule has 0 radical (unpaired) electrons. The molecule has 1 aromatic rings. The zero-order valence-corrected chi connectivity index (χ0v) is 10.9. The van der Waals surface area contributed by atoms with Gasteiger partial charge in [-0.1, -0.05) is 6.07 Å². The van der Waals surface area contributed by atoms with Crippen molar-refractivity contribution >= 4 is 5.91 Å². The molecule has 0 atom stereocenters. The van der Waals surface area contributed by atoms with Gasteiger partial charge in [0.15, 0.2) is 11.5 Å². The average Bonchev–Trinajstić information content (AvgIpc) is 2.33. The van der Waals surface area contributed by atoms with Crippen molar-refractivity contribution < 1.29 is 14.3 Å². The van der Waals surface area contributed by atoms with Crippen LogP contribution >= 0.6 is 0 Å². The molecule has 1 aliphatic heterocycles. The quantitative estimate of drug-likeness (QED) is 0.799. The Balaban J connectivity index is 1.94. The topological polar surface area (TPSA) is 38.8 Å². The maximum atomic E-state index is 11.7. The highest BCUT2D eigenvalue weighted by Gasteiger charge is 2.19. The number of carbonyl (C=O) groups excluding carboxylic acids is 1. The van der Waals surface area contributed by atoms with Gasteiger partial charge in [-0.3, -0.25) is 4.79 Å². The minimum Gasteiger partial charge on any atom is -0.493 e. The molecule has 1 amide bonds. The molecule has 1 saturated heterocycles. The van der Waals surface area contributed by atoms with Gasteiger partial charge in [-0.25, -0.2) is 0 Å². The van der Waals surface area contributed by atoms with Crippen LogP contribution in [0.5, 0.6) is 11.5 Å². The molecule has 0 aromatic heterocycles. The number of nitrogens with zero attached hydrogens (tertiary/aromatic N) is 1. The van der Waals surface area contributed by atoms with E-state index < -0.39 is 0 Å². The maximum Gasteiger partial charge on any atom is 0.222 e. The lowest BCUT2D eigenvalue weighted by Gasteiger charge is -2.30. The number of hydrogen-bond acceptors (Lipinski definition) is 3. The van der Waals surface area contributed by atoms with Gasteiger partial charge < -0.3 is 14.4 Å². The Morgan fingerprint density at radius 3 is 2.50 bits per heavy atom. The molecule has 0 bridgehead atoms. The molecule has 1 aliphatic rings. The highest BCUT2D eigenvalue weighted by molar-refractivity contribution is 5.77. The van der Waals surface area contributed by atoms with E-state index in [4.69, 9.17) is 9.47 Å². The number of likely N-dealkylation sites (tertiary alicyclic amines) is 1. The van der Waals surface area contributed by atoms with Crippen molar-refractivity contribution in [1.29, 1.82) is 0 Å². The molecule has 4 heteroatoms. The second kappa shape index (κ2) is 5.76. The third-order valence-corrected chi connectivity index (χ3v) is 3.28. The molecule has 1 fully saturated rings. The summed E-state index contributed by atoms with van der Waals surface area (Å²) in [4.78, 5) is 13.6. The monoisotopic (exact) mass is 249 g/mol. The SMILES string of the molecule is COc1ccc(CCC(=O)N2CCC2)cc1OC. The lowest BCUT2D eigenvalue weighted by atomic mass is 10.1. The van der Waals surface area contributed by atoms with Crippen LogP contribution in [0.2, 0.25) is 0 Å². The highest BCUT2D eigenvalue weighted by Crippen LogP contribution is 2.28. The predicted molar refractivity (Wildman–Crippen MR) is 69.1 cm³/mol. The fourth-order valence-electron chi connectivity index (χ4n) is 2.01. The van der Waals surface area contributed by atoms with Crippen molar-refractivity contribution in [3.63, 3.8) is 0 Å². The minimum absolute atomic E-state index is 0.246. The van der Waals surface area contributed by atoms with E-state index >= 15 is 0 Å². The molecule has 0 unspecified atom stereocenters. The fraction of sp³-hybridized carbons (Fsp3) is 0.500. The zero-order chi connectivity index (χ0) is 13.0. The van der Waals surface area contributed by atoms with Crippen LogP contribution in [0.3, 0.4) is 0 Å². The van der Waals surface area contributed by atoms with E-state index in [2.05, 4.69) is 0 Å². The number of methoxy groups -OCH3 is 2. The van der Waals surface area contributed by atoms with Gasteiger partial charge in [-0.2, -0.15) is 0 Å². The molecule has 0 N–H and O–H groups in total. The summed E-state index contributed by atoms with van der Waals surface area (Å²) in [7, 11) is 3.23. The van der Waals surface area contributed by atoms with Crippen LogP contribution < -0.4 is 9.47 Å². The lowest BCUT2D eigenvalue weighted by Crippen LogP contribution is -2.42. The van der Waals surface area contributed by atoms with Crippen molar-refractivity contribution in [3.05, 3.63) is 23.8 Å². The average molecular weight is 249 g/mol. The van der Waals surface area contributed by atoms with Crippen LogP contribution in [0.15, 0.2) is 18.2 Å². The van der Waals surface area contributed by atoms with Gasteiger partial charge in [-0.05, 0) is 30.5 Å². The van der Waals surface area contributed by atoms with E-state index in [1.165, 1.54) is 0 Å². The molecule has 0 aliphatic carbocycles. The Morgan fingerprint density at radius 1 is 1.22 bits per heavy atom. The number of carbonyl (C=O) groups is 1. The van der Waals surface area contributed by atoms with Crippen molar-refractivity contribution in [1.82, 2.24) is 4.90 Å². The summed E-state index contributed by atoms with van der Waals surface area (Å²) < 4.78 is 10.4. The molecule has 2 rings (SSSR count). The molecule has 0 spiro atoms. The number of hydrogen-bond donors (Lipinski definition) is 0. The first-order valence-electron chi connectivity index (χ1n) is 6.23. The second-order valence-corrected chi connectivity index (χ2v) is 4.42. The van der Waals surface area contributed by atoms with E-state index in [0.29, 0.717) is 12.2 Å². The van der Waals surface area contributed by atoms with E-state index in [-0.39, 0.29) is 5.91 Å². The lowest BCUT2D eigenvalue weighted by molar-refractivity contribution is -0.134. The Morgan fingerprint density at radius 2 is 1.94 bits per heavy atom. The van der Waals surface area contributed by atoms with Gasteiger partial charge in [0, 0.05) is 19.5 Å². The van der Waals surface area contributed by atoms with Crippen LogP contribution in [0.25, 0.3) is 0 Å². The van der Waals surface area contributed by atoms with Crippen molar-refractivity contribution in [2.24, 2.45) is 0 Å². The summed E-state index contributed by atoms with van der Waals surface area (Å²) in [6.07, 6.45) is 2.45. The van der Waals surface area contributed by atoms with Gasteiger partial charge in [-0.15, -0.1) is 0 Å². The fourth-order valence-corrected chi connectivity index (χ4v) is 2.01. The zero-order valence-electron chi connectivity index (χ0n) is 10.9.